The van der Waals surface area contributed by atoms with E-state index in [9.17, 15) is 14.9 Å². The largest absolute Gasteiger partial charge is 0.482 e. The number of imidazole rings is 1. The molecule has 0 radical (unpaired) electrons. The van der Waals surface area contributed by atoms with Crippen LogP contribution in [0, 0.1) is 17.0 Å². The number of fused-ring (bicyclic) bond motifs is 1. The van der Waals surface area contributed by atoms with E-state index in [4.69, 9.17) is 9.47 Å². The highest BCUT2D eigenvalue weighted by atomic mass is 16.6. The molecule has 0 aliphatic carbocycles. The Bertz CT molecular complexity index is 1210. The maximum Gasteiger partial charge on any atom is 0.349 e. The van der Waals surface area contributed by atoms with Crippen molar-refractivity contribution in [2.45, 2.75) is 6.92 Å². The first-order valence-electron chi connectivity index (χ1n) is 9.12. The first-order valence-corrected chi connectivity index (χ1v) is 9.12. The summed E-state index contributed by atoms with van der Waals surface area (Å²) in [5.41, 5.74) is 3.13. The lowest BCUT2D eigenvalue weighted by atomic mass is 10.2. The highest BCUT2D eigenvalue weighted by molar-refractivity contribution is 5.74. The summed E-state index contributed by atoms with van der Waals surface area (Å²) in [6, 6.07) is 17.2. The number of pyridine rings is 1. The van der Waals surface area contributed by atoms with Gasteiger partial charge >= 0.3 is 5.97 Å². The lowest BCUT2D eigenvalue weighted by Crippen LogP contribution is -2.17. The molecule has 0 bridgehead atoms. The van der Waals surface area contributed by atoms with E-state index in [-0.39, 0.29) is 12.3 Å². The minimum Gasteiger partial charge on any atom is -0.482 e. The molecule has 4 rings (SSSR count). The SMILES string of the molecule is Cc1ccc(OCC(=O)Oc2ccc(-c3cn4cc([N+](=O)[O-])ccc4n3)cc2)cc1. The average Bonchev–Trinajstić information content (AvgIpc) is 3.17. The number of nitrogens with zero attached hydrogens (tertiary/aromatic N) is 3. The molecule has 8 nitrogen and oxygen atoms in total. The third kappa shape index (κ3) is 4.27. The molecule has 2 heterocycles. The summed E-state index contributed by atoms with van der Waals surface area (Å²) in [5.74, 6) is 0.471. The summed E-state index contributed by atoms with van der Waals surface area (Å²) in [4.78, 5) is 26.9. The fourth-order valence-electron chi connectivity index (χ4n) is 2.86. The zero-order valence-corrected chi connectivity index (χ0v) is 16.0. The molecule has 30 heavy (non-hydrogen) atoms. The molecule has 150 valence electrons. The van der Waals surface area contributed by atoms with Crippen molar-refractivity contribution in [3.05, 3.63) is 88.7 Å². The minimum atomic E-state index is -0.511. The van der Waals surface area contributed by atoms with Crippen LogP contribution in [0.2, 0.25) is 0 Å². The maximum atomic E-state index is 12.0. The molecular weight excluding hydrogens is 386 g/mol. The Labute approximate surface area is 171 Å². The van der Waals surface area contributed by atoms with Crippen LogP contribution in [0.15, 0.2) is 73.1 Å². The number of hydrogen-bond acceptors (Lipinski definition) is 6. The zero-order valence-electron chi connectivity index (χ0n) is 16.0. The Morgan fingerprint density at radius 3 is 2.40 bits per heavy atom. The molecule has 0 fully saturated rings. The first kappa shape index (κ1) is 19.1. The zero-order chi connectivity index (χ0) is 21.1. The molecular formula is C22H17N3O5. The quantitative estimate of drug-likeness (QED) is 0.207. The topological polar surface area (TPSA) is 96.0 Å². The van der Waals surface area contributed by atoms with Crippen molar-refractivity contribution in [3.63, 3.8) is 0 Å². The summed E-state index contributed by atoms with van der Waals surface area (Å²) in [6.07, 6.45) is 3.12. The molecule has 0 aliphatic rings. The molecule has 2 aromatic heterocycles. The van der Waals surface area contributed by atoms with Gasteiger partial charge in [-0.1, -0.05) is 17.7 Å². The van der Waals surface area contributed by atoms with E-state index in [1.54, 1.807) is 53.1 Å². The number of carbonyl (C=O) groups excluding carboxylic acids is 1. The second-order valence-electron chi connectivity index (χ2n) is 6.64. The van der Waals surface area contributed by atoms with Gasteiger partial charge in [0.15, 0.2) is 6.61 Å². The Hall–Kier alpha value is -4.20. The third-order valence-corrected chi connectivity index (χ3v) is 4.41. The van der Waals surface area contributed by atoms with Crippen molar-refractivity contribution in [1.82, 2.24) is 9.38 Å². The predicted molar refractivity (Wildman–Crippen MR) is 110 cm³/mol. The fourth-order valence-corrected chi connectivity index (χ4v) is 2.86. The van der Waals surface area contributed by atoms with Gasteiger partial charge in [-0.15, -0.1) is 0 Å². The van der Waals surface area contributed by atoms with Crippen LogP contribution in [0.4, 0.5) is 5.69 Å². The van der Waals surface area contributed by atoms with Gasteiger partial charge in [0.2, 0.25) is 0 Å². The molecule has 0 aliphatic heterocycles. The van der Waals surface area contributed by atoms with Crippen LogP contribution >= 0.6 is 0 Å². The standard InChI is InChI=1S/C22H17N3O5/c1-15-2-7-18(8-3-15)29-14-22(26)30-19-9-4-16(5-10-19)20-13-24-12-17(25(27)28)6-11-21(24)23-20/h2-13H,14H2,1H3. The van der Waals surface area contributed by atoms with E-state index in [0.29, 0.717) is 22.8 Å². The lowest BCUT2D eigenvalue weighted by Gasteiger charge is -2.07. The van der Waals surface area contributed by atoms with Gasteiger partial charge < -0.3 is 9.47 Å². The number of esters is 1. The second-order valence-corrected chi connectivity index (χ2v) is 6.64. The van der Waals surface area contributed by atoms with Crippen LogP contribution in [0.25, 0.3) is 16.9 Å². The van der Waals surface area contributed by atoms with Gasteiger partial charge in [-0.2, -0.15) is 0 Å². The van der Waals surface area contributed by atoms with Crippen molar-refractivity contribution < 1.29 is 19.2 Å². The second kappa shape index (κ2) is 8.04. The monoisotopic (exact) mass is 403 g/mol. The van der Waals surface area contributed by atoms with Crippen molar-refractivity contribution >= 4 is 17.3 Å². The summed E-state index contributed by atoms with van der Waals surface area (Å²) in [7, 11) is 0. The van der Waals surface area contributed by atoms with E-state index >= 15 is 0 Å². The number of aryl methyl sites for hydroxylation is 1. The van der Waals surface area contributed by atoms with Gasteiger partial charge in [-0.25, -0.2) is 9.78 Å². The molecule has 0 saturated heterocycles. The van der Waals surface area contributed by atoms with Crippen molar-refractivity contribution in [3.8, 4) is 22.8 Å². The number of nitro groups is 1. The van der Waals surface area contributed by atoms with Gasteiger partial charge in [0, 0.05) is 17.8 Å². The molecule has 4 aromatic rings. The number of hydrogen-bond donors (Lipinski definition) is 0. The number of carbonyl (C=O) groups is 1. The molecule has 0 amide bonds. The molecule has 0 atom stereocenters. The van der Waals surface area contributed by atoms with Crippen molar-refractivity contribution in [2.24, 2.45) is 0 Å². The van der Waals surface area contributed by atoms with Gasteiger partial charge in [0.1, 0.15) is 17.1 Å². The van der Waals surface area contributed by atoms with Crippen LogP contribution in [0.5, 0.6) is 11.5 Å². The summed E-state index contributed by atoms with van der Waals surface area (Å²) in [6.45, 7) is 1.77. The Morgan fingerprint density at radius 1 is 1.00 bits per heavy atom. The summed E-state index contributed by atoms with van der Waals surface area (Å²) >= 11 is 0. The molecule has 0 saturated carbocycles. The number of aromatic nitrogens is 2. The van der Waals surface area contributed by atoms with E-state index in [1.807, 2.05) is 19.1 Å². The first-order chi connectivity index (χ1) is 14.5. The normalized spacial score (nSPS) is 10.7. The molecule has 2 aromatic carbocycles. The van der Waals surface area contributed by atoms with Gasteiger partial charge in [-0.3, -0.25) is 14.5 Å². The van der Waals surface area contributed by atoms with Crippen LogP contribution < -0.4 is 9.47 Å². The highest BCUT2D eigenvalue weighted by Crippen LogP contribution is 2.23. The van der Waals surface area contributed by atoms with E-state index in [0.717, 1.165) is 11.1 Å². The summed E-state index contributed by atoms with van der Waals surface area (Å²) in [5, 5.41) is 10.9. The Balaban J connectivity index is 1.41. The van der Waals surface area contributed by atoms with Crippen LogP contribution in [-0.4, -0.2) is 26.9 Å². The minimum absolute atomic E-state index is 0.0124. The predicted octanol–water partition coefficient (Wildman–Crippen LogP) is 4.20. The Kier molecular flexibility index (Phi) is 5.13. The van der Waals surface area contributed by atoms with Gasteiger partial charge in [0.05, 0.1) is 16.8 Å². The third-order valence-electron chi connectivity index (χ3n) is 4.41. The lowest BCUT2D eigenvalue weighted by molar-refractivity contribution is -0.385. The van der Waals surface area contributed by atoms with Gasteiger partial charge in [0.25, 0.3) is 5.69 Å². The highest BCUT2D eigenvalue weighted by Gasteiger charge is 2.11. The van der Waals surface area contributed by atoms with Gasteiger partial charge in [-0.05, 0) is 49.4 Å². The van der Waals surface area contributed by atoms with Crippen LogP contribution in [0.3, 0.4) is 0 Å². The van der Waals surface area contributed by atoms with E-state index in [2.05, 4.69) is 4.98 Å². The van der Waals surface area contributed by atoms with E-state index < -0.39 is 10.9 Å². The molecule has 0 unspecified atom stereocenters. The maximum absolute atomic E-state index is 12.0. The number of rotatable bonds is 6. The van der Waals surface area contributed by atoms with Crippen molar-refractivity contribution in [2.75, 3.05) is 6.61 Å². The molecule has 0 spiro atoms. The summed E-state index contributed by atoms with van der Waals surface area (Å²) < 4.78 is 12.3. The molecule has 0 N–H and O–H groups in total. The number of ether oxygens (including phenoxy) is 2. The van der Waals surface area contributed by atoms with Crippen molar-refractivity contribution in [1.29, 1.82) is 0 Å². The fraction of sp³-hybridized carbons (Fsp3) is 0.0909. The Morgan fingerprint density at radius 2 is 1.70 bits per heavy atom. The smallest absolute Gasteiger partial charge is 0.349 e. The van der Waals surface area contributed by atoms with E-state index in [1.165, 1.54) is 12.3 Å². The molecule has 8 heteroatoms. The van der Waals surface area contributed by atoms with Crippen LogP contribution in [0.1, 0.15) is 5.56 Å². The average molecular weight is 403 g/mol. The number of benzene rings is 2. The van der Waals surface area contributed by atoms with Crippen LogP contribution in [-0.2, 0) is 4.79 Å².